The van der Waals surface area contributed by atoms with Crippen molar-refractivity contribution in [2.24, 2.45) is 5.92 Å². The molecule has 0 aliphatic carbocycles. The average Bonchev–Trinajstić information content (AvgIpc) is 3.59. The van der Waals surface area contributed by atoms with E-state index in [1.165, 1.54) is 17.6 Å². The molecule has 12 heteroatoms. The van der Waals surface area contributed by atoms with E-state index in [4.69, 9.17) is 4.42 Å². The first-order valence-electron chi connectivity index (χ1n) is 13.8. The van der Waals surface area contributed by atoms with Gasteiger partial charge in [0, 0.05) is 18.3 Å². The second kappa shape index (κ2) is 14.0. The van der Waals surface area contributed by atoms with Gasteiger partial charge >= 0.3 is 0 Å². The Balaban J connectivity index is 1.56. The third-order valence-corrected chi connectivity index (χ3v) is 7.59. The quantitative estimate of drug-likeness (QED) is 0.349. The highest BCUT2D eigenvalue weighted by Gasteiger charge is 2.32. The topological polar surface area (TPSA) is 155 Å². The van der Waals surface area contributed by atoms with Crippen LogP contribution in [-0.4, -0.2) is 52.2 Å². The lowest BCUT2D eigenvalue weighted by atomic mass is 10.00. The number of oxazole rings is 1. The standard InChI is InChI=1S/C29H36N6O5S/c1-17(2)25-28(39)33-22(13-19-9-5-4-6-10-19)29-34-23(15-40-29)26(37)30-12-8-7-11-21(27(38)35-25)32-24(36)14-20-16-41-18(3)31-20/h4-6,9-10,15-17,21-22,25H,7-8,11-14H2,1-3H3,(H,30,37)(H,32,36)(H,33,39)(H,35,38)/t21-,22+,25-/m0/s1. The number of hydrogen-bond acceptors (Lipinski definition) is 8. The van der Waals surface area contributed by atoms with Crippen molar-refractivity contribution in [1.29, 1.82) is 0 Å². The van der Waals surface area contributed by atoms with Crippen LogP contribution in [0.5, 0.6) is 0 Å². The molecule has 3 aromatic rings. The molecule has 11 nitrogen and oxygen atoms in total. The van der Waals surface area contributed by atoms with Gasteiger partial charge in [0.25, 0.3) is 5.91 Å². The lowest BCUT2D eigenvalue weighted by Gasteiger charge is -2.27. The zero-order chi connectivity index (χ0) is 29.4. The summed E-state index contributed by atoms with van der Waals surface area (Å²) >= 11 is 1.45. The Hall–Kier alpha value is -4.06. The van der Waals surface area contributed by atoms with Gasteiger partial charge in [-0.25, -0.2) is 9.97 Å². The number of carbonyl (C=O) groups is 4. The third-order valence-electron chi connectivity index (χ3n) is 6.76. The lowest BCUT2D eigenvalue weighted by molar-refractivity contribution is -0.133. The van der Waals surface area contributed by atoms with Crippen LogP contribution in [0.2, 0.25) is 0 Å². The summed E-state index contributed by atoms with van der Waals surface area (Å²) in [5.41, 5.74) is 1.69. The molecule has 2 bridgehead atoms. The van der Waals surface area contributed by atoms with Gasteiger partial charge in [-0.3, -0.25) is 19.2 Å². The predicted octanol–water partition coefficient (Wildman–Crippen LogP) is 2.62. The number of benzene rings is 1. The molecule has 0 spiro atoms. The van der Waals surface area contributed by atoms with Crippen LogP contribution in [0.3, 0.4) is 0 Å². The van der Waals surface area contributed by atoms with Gasteiger partial charge in [0.1, 0.15) is 24.4 Å². The Morgan fingerprint density at radius 2 is 1.88 bits per heavy atom. The molecule has 3 atom stereocenters. The lowest BCUT2D eigenvalue weighted by Crippen LogP contribution is -2.56. The largest absolute Gasteiger partial charge is 0.446 e. The van der Waals surface area contributed by atoms with E-state index in [0.717, 1.165) is 10.6 Å². The number of rotatable bonds is 6. The fraction of sp³-hybridized carbons (Fsp3) is 0.448. The Labute approximate surface area is 242 Å². The molecule has 1 aliphatic rings. The first kappa shape index (κ1) is 29.9. The van der Waals surface area contributed by atoms with Crippen LogP contribution < -0.4 is 21.3 Å². The summed E-state index contributed by atoms with van der Waals surface area (Å²) in [6, 6.07) is 7.09. The van der Waals surface area contributed by atoms with E-state index >= 15 is 0 Å². The number of carbonyl (C=O) groups excluding carboxylic acids is 4. The summed E-state index contributed by atoms with van der Waals surface area (Å²) in [5.74, 6) is -1.65. The second-order valence-electron chi connectivity index (χ2n) is 10.5. The van der Waals surface area contributed by atoms with E-state index in [-0.39, 0.29) is 29.8 Å². The molecule has 41 heavy (non-hydrogen) atoms. The van der Waals surface area contributed by atoms with Gasteiger partial charge in [0.15, 0.2) is 5.69 Å². The molecule has 1 aliphatic heterocycles. The summed E-state index contributed by atoms with van der Waals surface area (Å²) in [6.45, 7) is 5.89. The molecule has 3 heterocycles. The number of nitrogens with one attached hydrogen (secondary N) is 4. The first-order valence-corrected chi connectivity index (χ1v) is 14.7. The zero-order valence-corrected chi connectivity index (χ0v) is 24.3. The molecule has 4 amide bonds. The number of hydrogen-bond donors (Lipinski definition) is 4. The van der Waals surface area contributed by atoms with E-state index in [0.29, 0.717) is 37.9 Å². The van der Waals surface area contributed by atoms with Gasteiger partial charge in [0.05, 0.1) is 17.1 Å². The number of amides is 4. The van der Waals surface area contributed by atoms with E-state index in [2.05, 4.69) is 31.2 Å². The van der Waals surface area contributed by atoms with Crippen molar-refractivity contribution in [2.45, 2.75) is 71.0 Å². The van der Waals surface area contributed by atoms with Crippen LogP contribution in [0.4, 0.5) is 0 Å². The van der Waals surface area contributed by atoms with Crippen molar-refractivity contribution < 1.29 is 23.6 Å². The van der Waals surface area contributed by atoms with Crippen LogP contribution in [0, 0.1) is 12.8 Å². The van der Waals surface area contributed by atoms with Gasteiger partial charge in [-0.15, -0.1) is 11.3 Å². The van der Waals surface area contributed by atoms with Crippen molar-refractivity contribution in [3.05, 3.63) is 69.8 Å². The molecule has 0 fully saturated rings. The fourth-order valence-electron chi connectivity index (χ4n) is 4.59. The molecular formula is C29H36N6O5S. The smallest absolute Gasteiger partial charge is 0.273 e. The number of nitrogens with zero attached hydrogens (tertiary/aromatic N) is 2. The summed E-state index contributed by atoms with van der Waals surface area (Å²) in [7, 11) is 0. The van der Waals surface area contributed by atoms with Gasteiger partial charge in [-0.1, -0.05) is 44.2 Å². The Bertz CT molecular complexity index is 1350. The highest BCUT2D eigenvalue weighted by Crippen LogP contribution is 2.20. The average molecular weight is 581 g/mol. The van der Waals surface area contributed by atoms with Crippen LogP contribution >= 0.6 is 11.3 Å². The Morgan fingerprint density at radius 1 is 1.10 bits per heavy atom. The van der Waals surface area contributed by atoms with Gasteiger partial charge < -0.3 is 25.7 Å². The van der Waals surface area contributed by atoms with Crippen molar-refractivity contribution in [3.63, 3.8) is 0 Å². The molecular weight excluding hydrogens is 544 g/mol. The number of aryl methyl sites for hydroxylation is 1. The molecule has 4 rings (SSSR count). The molecule has 0 saturated carbocycles. The van der Waals surface area contributed by atoms with Crippen molar-refractivity contribution in [1.82, 2.24) is 31.2 Å². The summed E-state index contributed by atoms with van der Waals surface area (Å²) in [5, 5.41) is 14.1. The molecule has 1 aromatic carbocycles. The molecule has 2 aromatic heterocycles. The molecule has 0 unspecified atom stereocenters. The third kappa shape index (κ3) is 8.46. The fourth-order valence-corrected chi connectivity index (χ4v) is 5.20. The van der Waals surface area contributed by atoms with Crippen LogP contribution in [0.25, 0.3) is 0 Å². The number of fused-ring (bicyclic) bond motifs is 2. The normalized spacial score (nSPS) is 20.7. The van der Waals surface area contributed by atoms with Crippen LogP contribution in [0.15, 0.2) is 46.4 Å². The second-order valence-corrected chi connectivity index (χ2v) is 11.5. The highest BCUT2D eigenvalue weighted by molar-refractivity contribution is 7.09. The molecule has 0 saturated heterocycles. The van der Waals surface area contributed by atoms with Gasteiger partial charge in [-0.05, 0) is 37.7 Å². The van der Waals surface area contributed by atoms with Gasteiger partial charge in [0.2, 0.25) is 23.6 Å². The van der Waals surface area contributed by atoms with Crippen molar-refractivity contribution >= 4 is 35.0 Å². The molecule has 0 radical (unpaired) electrons. The maximum Gasteiger partial charge on any atom is 0.273 e. The number of aromatic nitrogens is 2. The summed E-state index contributed by atoms with van der Waals surface area (Å²) in [6.07, 6.45) is 3.16. The SMILES string of the molecule is Cc1nc(CC(=O)N[C@H]2CCCCNC(=O)c3coc(n3)[C@@H](Cc3ccccc3)NC(=O)[C@H](C(C)C)NC2=O)cs1. The van der Waals surface area contributed by atoms with Crippen molar-refractivity contribution in [3.8, 4) is 0 Å². The minimum Gasteiger partial charge on any atom is -0.446 e. The van der Waals surface area contributed by atoms with E-state index in [9.17, 15) is 19.2 Å². The minimum atomic E-state index is -0.882. The zero-order valence-electron chi connectivity index (χ0n) is 23.4. The molecule has 218 valence electrons. The van der Waals surface area contributed by atoms with Crippen molar-refractivity contribution in [2.75, 3.05) is 6.54 Å². The van der Waals surface area contributed by atoms with E-state index < -0.39 is 35.8 Å². The van der Waals surface area contributed by atoms with Gasteiger partial charge in [-0.2, -0.15) is 0 Å². The summed E-state index contributed by atoms with van der Waals surface area (Å²) in [4.78, 5) is 61.2. The maximum absolute atomic E-state index is 13.6. The Morgan fingerprint density at radius 3 is 2.59 bits per heavy atom. The first-order chi connectivity index (χ1) is 19.7. The van der Waals surface area contributed by atoms with E-state index in [1.54, 1.807) is 0 Å². The Kier molecular flexibility index (Phi) is 10.2. The maximum atomic E-state index is 13.6. The monoisotopic (exact) mass is 580 g/mol. The number of thiazole rings is 1. The molecule has 4 N–H and O–H groups in total. The predicted molar refractivity (Wildman–Crippen MR) is 153 cm³/mol. The van der Waals surface area contributed by atoms with Crippen LogP contribution in [-0.2, 0) is 27.2 Å². The minimum absolute atomic E-state index is 0.0522. The van der Waals surface area contributed by atoms with Crippen LogP contribution in [0.1, 0.15) is 71.8 Å². The summed E-state index contributed by atoms with van der Waals surface area (Å²) < 4.78 is 5.65. The highest BCUT2D eigenvalue weighted by atomic mass is 32.1. The van der Waals surface area contributed by atoms with E-state index in [1.807, 2.05) is 56.5 Å².